The Morgan fingerprint density at radius 3 is 2.57 bits per heavy atom. The third-order valence-corrected chi connectivity index (χ3v) is 4.40. The molecule has 0 heterocycles. The van der Waals surface area contributed by atoms with E-state index in [0.717, 1.165) is 37.9 Å². The molecule has 0 amide bonds. The molecule has 2 rings (SSSR count). The van der Waals surface area contributed by atoms with Gasteiger partial charge in [0.2, 0.25) is 0 Å². The summed E-state index contributed by atoms with van der Waals surface area (Å²) in [5.74, 6) is -0.0337. The highest BCUT2D eigenvalue weighted by molar-refractivity contribution is 5.70. The Bertz CT molecular complexity index is 424. The van der Waals surface area contributed by atoms with Crippen LogP contribution >= 0.6 is 0 Å². The van der Waals surface area contributed by atoms with Gasteiger partial charge in [-0.3, -0.25) is 4.79 Å². The summed E-state index contributed by atoms with van der Waals surface area (Å²) >= 11 is 0. The van der Waals surface area contributed by atoms with E-state index in [1.807, 2.05) is 30.3 Å². The van der Waals surface area contributed by atoms with Gasteiger partial charge in [-0.1, -0.05) is 31.5 Å². The van der Waals surface area contributed by atoms with Crippen molar-refractivity contribution >= 4 is 11.7 Å². The fourth-order valence-electron chi connectivity index (χ4n) is 3.04. The van der Waals surface area contributed by atoms with Crippen LogP contribution in [0.4, 0.5) is 5.69 Å². The number of hydrogen-bond donors (Lipinski definition) is 1. The molecule has 0 atom stereocenters. The Kier molecular flexibility index (Phi) is 6.09. The van der Waals surface area contributed by atoms with Gasteiger partial charge in [0.05, 0.1) is 0 Å². The molecule has 116 valence electrons. The monoisotopic (exact) mass is 289 g/mol. The molecule has 3 heteroatoms. The van der Waals surface area contributed by atoms with Crippen LogP contribution in [0.25, 0.3) is 0 Å². The molecule has 1 fully saturated rings. The number of para-hydroxylation sites is 1. The minimum atomic E-state index is -0.164. The maximum Gasteiger partial charge on any atom is 0.306 e. The molecule has 21 heavy (non-hydrogen) atoms. The van der Waals surface area contributed by atoms with Crippen molar-refractivity contribution in [2.24, 2.45) is 0 Å². The van der Waals surface area contributed by atoms with Crippen molar-refractivity contribution in [3.8, 4) is 0 Å². The lowest BCUT2D eigenvalue weighted by atomic mass is 9.83. The molecule has 1 saturated carbocycles. The second-order valence-electron chi connectivity index (χ2n) is 5.97. The summed E-state index contributed by atoms with van der Waals surface area (Å²) in [6.07, 6.45) is 8.00. The molecule has 0 aliphatic heterocycles. The first-order chi connectivity index (χ1) is 10.2. The Morgan fingerprint density at radius 1 is 1.19 bits per heavy atom. The third kappa shape index (κ3) is 5.07. The molecule has 0 bridgehead atoms. The fourth-order valence-corrected chi connectivity index (χ4v) is 3.04. The van der Waals surface area contributed by atoms with Gasteiger partial charge < -0.3 is 10.1 Å². The first-order valence-electron chi connectivity index (χ1n) is 8.25. The summed E-state index contributed by atoms with van der Waals surface area (Å²) in [6.45, 7) is 2.94. The van der Waals surface area contributed by atoms with Crippen LogP contribution in [0.15, 0.2) is 30.3 Å². The van der Waals surface area contributed by atoms with E-state index in [1.54, 1.807) is 0 Å². The van der Waals surface area contributed by atoms with Gasteiger partial charge in [-0.15, -0.1) is 0 Å². The van der Waals surface area contributed by atoms with Crippen molar-refractivity contribution in [2.75, 3.05) is 11.9 Å². The average Bonchev–Trinajstić information content (AvgIpc) is 2.53. The van der Waals surface area contributed by atoms with Gasteiger partial charge in [-0.25, -0.2) is 0 Å². The molecular formula is C18H27NO2. The van der Waals surface area contributed by atoms with Crippen LogP contribution in [0.5, 0.6) is 0 Å². The first kappa shape index (κ1) is 15.9. The molecule has 0 unspecified atom stereocenters. The number of esters is 1. The van der Waals surface area contributed by atoms with Crippen LogP contribution in [-0.4, -0.2) is 18.1 Å². The molecule has 3 nitrogen and oxygen atoms in total. The number of hydrogen-bond acceptors (Lipinski definition) is 3. The highest BCUT2D eigenvalue weighted by atomic mass is 16.6. The van der Waals surface area contributed by atoms with Gasteiger partial charge in [-0.05, 0) is 50.7 Å². The number of anilines is 1. The minimum absolute atomic E-state index is 0.0337. The Hall–Kier alpha value is -1.51. The standard InChI is InChI=1S/C18H27NO2/c1-2-18(13-7-4-8-14-18)21-17(20)12-9-15-19-16-10-5-3-6-11-16/h3,5-6,10-11,19H,2,4,7-9,12-15H2,1H3. The molecule has 0 aromatic heterocycles. The van der Waals surface area contributed by atoms with Gasteiger partial charge in [0.25, 0.3) is 0 Å². The van der Waals surface area contributed by atoms with Gasteiger partial charge in [-0.2, -0.15) is 0 Å². The second-order valence-corrected chi connectivity index (χ2v) is 5.97. The van der Waals surface area contributed by atoms with E-state index in [-0.39, 0.29) is 11.6 Å². The second kappa shape index (κ2) is 8.06. The molecule has 0 saturated heterocycles. The van der Waals surface area contributed by atoms with Crippen LogP contribution in [-0.2, 0) is 9.53 Å². The van der Waals surface area contributed by atoms with Crippen molar-refractivity contribution in [3.05, 3.63) is 30.3 Å². The zero-order chi connectivity index (χ0) is 15.0. The Balaban J connectivity index is 1.67. The summed E-state index contributed by atoms with van der Waals surface area (Å²) in [4.78, 5) is 12.0. The van der Waals surface area contributed by atoms with E-state index < -0.39 is 0 Å². The van der Waals surface area contributed by atoms with Crippen LogP contribution in [0.1, 0.15) is 58.3 Å². The zero-order valence-corrected chi connectivity index (χ0v) is 13.1. The number of benzene rings is 1. The van der Waals surface area contributed by atoms with E-state index in [9.17, 15) is 4.79 Å². The average molecular weight is 289 g/mol. The number of ether oxygens (including phenoxy) is 1. The van der Waals surface area contributed by atoms with Crippen molar-refractivity contribution in [1.82, 2.24) is 0 Å². The number of nitrogens with one attached hydrogen (secondary N) is 1. The Labute approximate surface area is 128 Å². The lowest BCUT2D eigenvalue weighted by molar-refractivity contribution is -0.163. The molecular weight excluding hydrogens is 262 g/mol. The maximum atomic E-state index is 12.0. The summed E-state index contributed by atoms with van der Waals surface area (Å²) < 4.78 is 5.81. The summed E-state index contributed by atoms with van der Waals surface area (Å²) in [5, 5.41) is 3.32. The molecule has 1 N–H and O–H groups in total. The predicted molar refractivity (Wildman–Crippen MR) is 86.4 cm³/mol. The normalized spacial score (nSPS) is 17.2. The number of carbonyl (C=O) groups excluding carboxylic acids is 1. The van der Waals surface area contributed by atoms with Crippen LogP contribution in [0.3, 0.4) is 0 Å². The quantitative estimate of drug-likeness (QED) is 0.592. The van der Waals surface area contributed by atoms with E-state index >= 15 is 0 Å². The first-order valence-corrected chi connectivity index (χ1v) is 8.25. The van der Waals surface area contributed by atoms with Crippen molar-refractivity contribution < 1.29 is 9.53 Å². The summed E-state index contributed by atoms with van der Waals surface area (Å²) in [7, 11) is 0. The van der Waals surface area contributed by atoms with Crippen molar-refractivity contribution in [2.45, 2.75) is 63.9 Å². The Morgan fingerprint density at radius 2 is 1.90 bits per heavy atom. The van der Waals surface area contributed by atoms with Gasteiger partial charge >= 0.3 is 5.97 Å². The summed E-state index contributed by atoms with van der Waals surface area (Å²) in [5.41, 5.74) is 0.936. The lowest BCUT2D eigenvalue weighted by Crippen LogP contribution is -2.36. The molecule has 0 spiro atoms. The highest BCUT2D eigenvalue weighted by Crippen LogP contribution is 2.34. The topological polar surface area (TPSA) is 38.3 Å². The molecule has 0 radical (unpaired) electrons. The van der Waals surface area contributed by atoms with E-state index in [2.05, 4.69) is 12.2 Å². The largest absolute Gasteiger partial charge is 0.459 e. The third-order valence-electron chi connectivity index (χ3n) is 4.40. The maximum absolute atomic E-state index is 12.0. The van der Waals surface area contributed by atoms with Crippen LogP contribution in [0, 0.1) is 0 Å². The minimum Gasteiger partial charge on any atom is -0.459 e. The molecule has 1 aliphatic carbocycles. The van der Waals surface area contributed by atoms with E-state index in [1.165, 1.54) is 19.3 Å². The summed E-state index contributed by atoms with van der Waals surface area (Å²) in [6, 6.07) is 10.1. The smallest absolute Gasteiger partial charge is 0.306 e. The van der Waals surface area contributed by atoms with E-state index in [4.69, 9.17) is 4.74 Å². The van der Waals surface area contributed by atoms with Gasteiger partial charge in [0.1, 0.15) is 5.60 Å². The van der Waals surface area contributed by atoms with Gasteiger partial charge in [0, 0.05) is 18.7 Å². The fraction of sp³-hybridized carbons (Fsp3) is 0.611. The molecule has 1 aromatic carbocycles. The predicted octanol–water partition coefficient (Wildman–Crippen LogP) is 4.53. The number of rotatable bonds is 7. The lowest BCUT2D eigenvalue weighted by Gasteiger charge is -2.36. The number of carbonyl (C=O) groups is 1. The van der Waals surface area contributed by atoms with Crippen molar-refractivity contribution in [1.29, 1.82) is 0 Å². The van der Waals surface area contributed by atoms with Crippen LogP contribution in [0.2, 0.25) is 0 Å². The zero-order valence-electron chi connectivity index (χ0n) is 13.1. The SMILES string of the molecule is CCC1(OC(=O)CCCNc2ccccc2)CCCCC1. The van der Waals surface area contributed by atoms with E-state index in [0.29, 0.717) is 6.42 Å². The highest BCUT2D eigenvalue weighted by Gasteiger charge is 2.33. The molecule has 1 aromatic rings. The van der Waals surface area contributed by atoms with Crippen molar-refractivity contribution in [3.63, 3.8) is 0 Å². The van der Waals surface area contributed by atoms with Crippen LogP contribution < -0.4 is 5.32 Å². The van der Waals surface area contributed by atoms with Gasteiger partial charge in [0.15, 0.2) is 0 Å². The molecule has 1 aliphatic rings.